The number of rotatable bonds is 4. The van der Waals surface area contributed by atoms with E-state index in [1.54, 1.807) is 31.2 Å². The molecule has 2 heterocycles. The van der Waals surface area contributed by atoms with Crippen molar-refractivity contribution in [1.82, 2.24) is 4.57 Å². The van der Waals surface area contributed by atoms with Gasteiger partial charge in [0.05, 0.1) is 6.54 Å². The molecule has 0 aliphatic carbocycles. The van der Waals surface area contributed by atoms with Gasteiger partial charge in [0.1, 0.15) is 17.9 Å². The van der Waals surface area contributed by atoms with Crippen molar-refractivity contribution in [2.45, 2.75) is 6.92 Å². The second kappa shape index (κ2) is 6.87. The van der Waals surface area contributed by atoms with Crippen molar-refractivity contribution in [2.75, 3.05) is 18.1 Å². The molecule has 3 rings (SSSR count). The molecular formula is C19H18N2O5. The second-order valence-corrected chi connectivity index (χ2v) is 5.97. The van der Waals surface area contributed by atoms with Crippen LogP contribution in [0.5, 0.6) is 5.75 Å². The largest absolute Gasteiger partial charge is 0.507 e. The lowest BCUT2D eigenvalue weighted by molar-refractivity contribution is 0.104. The van der Waals surface area contributed by atoms with Gasteiger partial charge in [-0.1, -0.05) is 18.2 Å². The molecule has 1 aliphatic rings. The van der Waals surface area contributed by atoms with E-state index in [4.69, 9.17) is 4.74 Å². The standard InChI is InChI=1S/C19H18N2O5/c1-12-10-16(23)17(18(24)20(12)2)15(22)7-6-13-4-3-5-14(11-13)21-8-9-26-19(21)25/h3-7,10-11,23H,8-9H2,1-2H3. The Morgan fingerprint density at radius 1 is 1.27 bits per heavy atom. The van der Waals surface area contributed by atoms with Crippen LogP contribution in [0.4, 0.5) is 10.5 Å². The molecule has 0 saturated carbocycles. The minimum Gasteiger partial charge on any atom is -0.507 e. The van der Waals surface area contributed by atoms with Crippen LogP contribution in [-0.4, -0.2) is 34.7 Å². The van der Waals surface area contributed by atoms with Gasteiger partial charge >= 0.3 is 6.09 Å². The Labute approximate surface area is 149 Å². The van der Waals surface area contributed by atoms with Gasteiger partial charge in [0.15, 0.2) is 5.78 Å². The van der Waals surface area contributed by atoms with Crippen molar-refractivity contribution in [3.8, 4) is 5.75 Å². The number of aromatic hydroxyl groups is 1. The number of ether oxygens (including phenoxy) is 1. The van der Waals surface area contributed by atoms with E-state index in [1.165, 1.54) is 34.7 Å². The fraction of sp³-hybridized carbons (Fsp3) is 0.211. The molecule has 134 valence electrons. The fourth-order valence-corrected chi connectivity index (χ4v) is 2.72. The molecule has 1 amide bonds. The van der Waals surface area contributed by atoms with Gasteiger partial charge in [-0.25, -0.2) is 4.79 Å². The van der Waals surface area contributed by atoms with Crippen molar-refractivity contribution in [1.29, 1.82) is 0 Å². The molecule has 0 radical (unpaired) electrons. The number of hydrogen-bond donors (Lipinski definition) is 1. The summed E-state index contributed by atoms with van der Waals surface area (Å²) < 4.78 is 6.22. The van der Waals surface area contributed by atoms with Crippen molar-refractivity contribution >= 4 is 23.6 Å². The Bertz CT molecular complexity index is 974. The molecule has 1 aliphatic heterocycles. The minimum atomic E-state index is -0.589. The number of amides is 1. The van der Waals surface area contributed by atoms with Crippen LogP contribution in [0.3, 0.4) is 0 Å². The maximum atomic E-state index is 12.4. The highest BCUT2D eigenvalue weighted by molar-refractivity contribution is 6.08. The molecule has 1 aromatic carbocycles. The molecule has 7 nitrogen and oxygen atoms in total. The van der Waals surface area contributed by atoms with Gasteiger partial charge in [-0.15, -0.1) is 0 Å². The zero-order valence-electron chi connectivity index (χ0n) is 14.4. The summed E-state index contributed by atoms with van der Waals surface area (Å²) in [6.07, 6.45) is 2.36. The van der Waals surface area contributed by atoms with Crippen LogP contribution in [0.25, 0.3) is 6.08 Å². The first-order valence-electron chi connectivity index (χ1n) is 8.05. The molecule has 26 heavy (non-hydrogen) atoms. The van der Waals surface area contributed by atoms with Crippen LogP contribution in [0, 0.1) is 6.92 Å². The predicted octanol–water partition coefficient (Wildman–Crippen LogP) is 2.25. The lowest BCUT2D eigenvalue weighted by Crippen LogP contribution is -2.25. The zero-order valence-corrected chi connectivity index (χ0v) is 14.4. The monoisotopic (exact) mass is 354 g/mol. The number of benzene rings is 1. The van der Waals surface area contributed by atoms with Gasteiger partial charge in [-0.3, -0.25) is 14.5 Å². The molecule has 1 saturated heterocycles. The van der Waals surface area contributed by atoms with Gasteiger partial charge in [0, 0.05) is 24.5 Å². The summed E-state index contributed by atoms with van der Waals surface area (Å²) in [5.41, 5.74) is 1.08. The van der Waals surface area contributed by atoms with Crippen LogP contribution < -0.4 is 10.5 Å². The predicted molar refractivity (Wildman–Crippen MR) is 96.6 cm³/mol. The van der Waals surface area contributed by atoms with Crippen molar-refractivity contribution < 1.29 is 19.4 Å². The lowest BCUT2D eigenvalue weighted by Gasteiger charge is -2.12. The first-order chi connectivity index (χ1) is 12.4. The van der Waals surface area contributed by atoms with E-state index in [0.29, 0.717) is 30.1 Å². The summed E-state index contributed by atoms with van der Waals surface area (Å²) in [5.74, 6) is -0.928. The second-order valence-electron chi connectivity index (χ2n) is 5.97. The number of anilines is 1. The molecule has 7 heteroatoms. The highest BCUT2D eigenvalue weighted by Gasteiger charge is 2.23. The molecule has 1 aromatic heterocycles. The average Bonchev–Trinajstić information content (AvgIpc) is 3.04. The topological polar surface area (TPSA) is 88.8 Å². The number of carbonyl (C=O) groups is 2. The molecule has 1 N–H and O–H groups in total. The van der Waals surface area contributed by atoms with Crippen molar-refractivity contribution in [3.63, 3.8) is 0 Å². The van der Waals surface area contributed by atoms with Gasteiger partial charge in [0.25, 0.3) is 5.56 Å². The number of aryl methyl sites for hydroxylation is 1. The van der Waals surface area contributed by atoms with Gasteiger partial charge in [-0.05, 0) is 30.7 Å². The fourth-order valence-electron chi connectivity index (χ4n) is 2.72. The molecule has 0 bridgehead atoms. The minimum absolute atomic E-state index is 0.270. The summed E-state index contributed by atoms with van der Waals surface area (Å²) in [6.45, 7) is 2.48. The Kier molecular flexibility index (Phi) is 4.62. The number of hydrogen-bond acceptors (Lipinski definition) is 5. The van der Waals surface area contributed by atoms with Crippen LogP contribution in [-0.2, 0) is 11.8 Å². The van der Waals surface area contributed by atoms with Crippen molar-refractivity contribution in [2.24, 2.45) is 7.05 Å². The van der Waals surface area contributed by atoms with E-state index >= 15 is 0 Å². The number of nitrogens with zero attached hydrogens (tertiary/aromatic N) is 2. The maximum Gasteiger partial charge on any atom is 0.414 e. The van der Waals surface area contributed by atoms with Crippen LogP contribution in [0.15, 0.2) is 41.2 Å². The van der Waals surface area contributed by atoms with Crippen LogP contribution in [0.2, 0.25) is 0 Å². The number of allylic oxidation sites excluding steroid dienone is 1. The van der Waals surface area contributed by atoms with Crippen LogP contribution >= 0.6 is 0 Å². The van der Waals surface area contributed by atoms with Crippen LogP contribution in [0.1, 0.15) is 21.6 Å². The van der Waals surface area contributed by atoms with E-state index in [0.717, 1.165) is 0 Å². The summed E-state index contributed by atoms with van der Waals surface area (Å²) in [5, 5.41) is 9.95. The number of cyclic esters (lactones) is 1. The third kappa shape index (κ3) is 3.23. The Morgan fingerprint density at radius 3 is 2.73 bits per heavy atom. The summed E-state index contributed by atoms with van der Waals surface area (Å²) in [4.78, 5) is 37.7. The Balaban J connectivity index is 1.87. The zero-order chi connectivity index (χ0) is 18.8. The smallest absolute Gasteiger partial charge is 0.414 e. The number of carbonyl (C=O) groups excluding carboxylic acids is 2. The molecule has 2 aromatic rings. The third-order valence-corrected chi connectivity index (χ3v) is 4.27. The summed E-state index contributed by atoms with van der Waals surface area (Å²) in [6, 6.07) is 8.41. The molecule has 0 unspecified atom stereocenters. The number of pyridine rings is 1. The molecule has 0 spiro atoms. The molecular weight excluding hydrogens is 336 g/mol. The van der Waals surface area contributed by atoms with Crippen molar-refractivity contribution in [3.05, 3.63) is 63.6 Å². The van der Waals surface area contributed by atoms with E-state index < -0.39 is 17.4 Å². The Morgan fingerprint density at radius 2 is 2.04 bits per heavy atom. The lowest BCUT2D eigenvalue weighted by atomic mass is 10.1. The summed E-state index contributed by atoms with van der Waals surface area (Å²) in [7, 11) is 1.54. The summed E-state index contributed by atoms with van der Waals surface area (Å²) >= 11 is 0. The van der Waals surface area contributed by atoms with Gasteiger partial charge in [-0.2, -0.15) is 0 Å². The first kappa shape index (κ1) is 17.5. The third-order valence-electron chi connectivity index (χ3n) is 4.27. The van der Waals surface area contributed by atoms with E-state index in [1.807, 2.05) is 0 Å². The highest BCUT2D eigenvalue weighted by Crippen LogP contribution is 2.21. The van der Waals surface area contributed by atoms with E-state index in [9.17, 15) is 19.5 Å². The molecule has 1 fully saturated rings. The highest BCUT2D eigenvalue weighted by atomic mass is 16.6. The maximum absolute atomic E-state index is 12.4. The first-order valence-corrected chi connectivity index (χ1v) is 8.05. The number of ketones is 1. The normalized spacial score (nSPS) is 14.1. The molecule has 0 atom stereocenters. The Hall–Kier alpha value is -3.35. The van der Waals surface area contributed by atoms with Gasteiger partial charge in [0.2, 0.25) is 0 Å². The van der Waals surface area contributed by atoms with E-state index in [2.05, 4.69) is 0 Å². The average molecular weight is 354 g/mol. The quantitative estimate of drug-likeness (QED) is 0.672. The SMILES string of the molecule is Cc1cc(O)c(C(=O)C=Cc2cccc(N3CCOC3=O)c2)c(=O)n1C. The van der Waals surface area contributed by atoms with Gasteiger partial charge < -0.3 is 14.4 Å². The van der Waals surface area contributed by atoms with E-state index in [-0.39, 0.29) is 11.3 Å². The number of aromatic nitrogens is 1.